The molecule has 0 unspecified atom stereocenters. The Balaban J connectivity index is 1.77. The van der Waals surface area contributed by atoms with E-state index >= 15 is 0 Å². The van der Waals surface area contributed by atoms with Gasteiger partial charge in [-0.05, 0) is 18.8 Å². The van der Waals surface area contributed by atoms with Crippen LogP contribution >= 0.6 is 11.6 Å². The summed E-state index contributed by atoms with van der Waals surface area (Å²) in [5, 5.41) is 0.602. The van der Waals surface area contributed by atoms with Crippen molar-refractivity contribution in [1.82, 2.24) is 14.9 Å². The van der Waals surface area contributed by atoms with Crippen molar-refractivity contribution in [3.05, 3.63) is 17.0 Å². The molecule has 104 valence electrons. The normalized spacial score (nSPS) is 21.2. The van der Waals surface area contributed by atoms with Crippen LogP contribution in [0.1, 0.15) is 38.2 Å². The van der Waals surface area contributed by atoms with Gasteiger partial charge in [0.2, 0.25) is 0 Å². The topological polar surface area (TPSA) is 32.3 Å². The van der Waals surface area contributed by atoms with Gasteiger partial charge in [-0.1, -0.05) is 25.4 Å². The number of anilines is 1. The summed E-state index contributed by atoms with van der Waals surface area (Å²) in [6.07, 6.45) is 4.35. The minimum atomic E-state index is 0.352. The Morgan fingerprint density at radius 2 is 1.84 bits per heavy atom. The Bertz CT molecular complexity index is 451. The maximum Gasteiger partial charge on any atom is 0.138 e. The van der Waals surface area contributed by atoms with Crippen LogP contribution in [0.2, 0.25) is 5.15 Å². The van der Waals surface area contributed by atoms with Gasteiger partial charge in [0, 0.05) is 37.8 Å². The zero-order valence-electron chi connectivity index (χ0n) is 11.6. The van der Waals surface area contributed by atoms with E-state index in [-0.39, 0.29) is 0 Å². The first kappa shape index (κ1) is 13.1. The van der Waals surface area contributed by atoms with Crippen LogP contribution in [-0.4, -0.2) is 47.1 Å². The van der Waals surface area contributed by atoms with Gasteiger partial charge in [0.25, 0.3) is 0 Å². The van der Waals surface area contributed by atoms with Gasteiger partial charge >= 0.3 is 0 Å². The molecular formula is C14H21ClN4. The highest BCUT2D eigenvalue weighted by Crippen LogP contribution is 2.32. The number of hydrogen-bond donors (Lipinski definition) is 0. The first-order valence-electron chi connectivity index (χ1n) is 7.16. The molecular weight excluding hydrogens is 260 g/mol. The van der Waals surface area contributed by atoms with Gasteiger partial charge in [-0.15, -0.1) is 0 Å². The van der Waals surface area contributed by atoms with Crippen molar-refractivity contribution in [3.63, 3.8) is 0 Å². The van der Waals surface area contributed by atoms with E-state index in [1.165, 1.54) is 12.8 Å². The lowest BCUT2D eigenvalue weighted by Gasteiger charge is -2.36. The van der Waals surface area contributed by atoms with Crippen LogP contribution in [0, 0.1) is 0 Å². The SMILES string of the molecule is CC(C)c1c(Cl)ncnc1N1CCN(C2CC2)CC1. The molecule has 1 saturated carbocycles. The molecule has 0 spiro atoms. The van der Waals surface area contributed by atoms with Crippen molar-refractivity contribution >= 4 is 17.4 Å². The van der Waals surface area contributed by atoms with Crippen LogP contribution in [0.5, 0.6) is 0 Å². The number of piperazine rings is 1. The molecule has 0 bridgehead atoms. The van der Waals surface area contributed by atoms with Crippen LogP contribution in [0.15, 0.2) is 6.33 Å². The van der Waals surface area contributed by atoms with E-state index in [1.54, 1.807) is 6.33 Å². The molecule has 1 aromatic rings. The summed E-state index contributed by atoms with van der Waals surface area (Å²) in [5.74, 6) is 1.38. The second-order valence-electron chi connectivity index (χ2n) is 5.81. The van der Waals surface area contributed by atoms with Gasteiger partial charge in [0.1, 0.15) is 17.3 Å². The average Bonchev–Trinajstić information content (AvgIpc) is 3.22. The summed E-state index contributed by atoms with van der Waals surface area (Å²) in [6, 6.07) is 0.862. The smallest absolute Gasteiger partial charge is 0.138 e. The Hall–Kier alpha value is -0.870. The fourth-order valence-corrected chi connectivity index (χ4v) is 3.20. The number of aromatic nitrogens is 2. The van der Waals surface area contributed by atoms with E-state index in [2.05, 4.69) is 33.6 Å². The predicted octanol–water partition coefficient (Wildman–Crippen LogP) is 2.54. The monoisotopic (exact) mass is 280 g/mol. The quantitative estimate of drug-likeness (QED) is 0.797. The van der Waals surface area contributed by atoms with Crippen molar-refractivity contribution in [2.75, 3.05) is 31.1 Å². The summed E-state index contributed by atoms with van der Waals surface area (Å²) in [6.45, 7) is 8.67. The van der Waals surface area contributed by atoms with E-state index in [1.807, 2.05) is 0 Å². The second kappa shape index (κ2) is 5.25. The lowest BCUT2D eigenvalue weighted by molar-refractivity contribution is 0.247. The fraction of sp³-hybridized carbons (Fsp3) is 0.714. The predicted molar refractivity (Wildman–Crippen MR) is 77.9 cm³/mol. The molecule has 0 N–H and O–H groups in total. The van der Waals surface area contributed by atoms with Crippen LogP contribution in [0.25, 0.3) is 0 Å². The Morgan fingerprint density at radius 1 is 1.16 bits per heavy atom. The summed E-state index contributed by atoms with van der Waals surface area (Å²) >= 11 is 6.24. The Morgan fingerprint density at radius 3 is 2.42 bits per heavy atom. The minimum Gasteiger partial charge on any atom is -0.354 e. The Kier molecular flexibility index (Phi) is 3.63. The third kappa shape index (κ3) is 2.70. The first-order valence-corrected chi connectivity index (χ1v) is 7.54. The minimum absolute atomic E-state index is 0.352. The third-order valence-electron chi connectivity index (χ3n) is 4.07. The molecule has 1 aromatic heterocycles. The van der Waals surface area contributed by atoms with Gasteiger partial charge in [-0.25, -0.2) is 9.97 Å². The molecule has 0 radical (unpaired) electrons. The summed E-state index contributed by atoms with van der Waals surface area (Å²) in [7, 11) is 0. The van der Waals surface area contributed by atoms with E-state index in [0.717, 1.165) is 43.6 Å². The number of hydrogen-bond acceptors (Lipinski definition) is 4. The highest BCUT2D eigenvalue weighted by molar-refractivity contribution is 6.30. The molecule has 2 aliphatic rings. The van der Waals surface area contributed by atoms with Crippen molar-refractivity contribution < 1.29 is 0 Å². The molecule has 1 aliphatic carbocycles. The molecule has 2 heterocycles. The molecule has 3 rings (SSSR count). The highest BCUT2D eigenvalue weighted by Gasteiger charge is 2.32. The van der Waals surface area contributed by atoms with Crippen LogP contribution in [0.3, 0.4) is 0 Å². The molecule has 1 saturated heterocycles. The zero-order valence-corrected chi connectivity index (χ0v) is 12.4. The number of rotatable bonds is 3. The molecule has 1 aliphatic heterocycles. The van der Waals surface area contributed by atoms with E-state index in [9.17, 15) is 0 Å². The molecule has 2 fully saturated rings. The van der Waals surface area contributed by atoms with Gasteiger partial charge in [-0.2, -0.15) is 0 Å². The largest absolute Gasteiger partial charge is 0.354 e. The fourth-order valence-electron chi connectivity index (χ4n) is 2.85. The second-order valence-corrected chi connectivity index (χ2v) is 6.17. The van der Waals surface area contributed by atoms with E-state index in [4.69, 9.17) is 11.6 Å². The van der Waals surface area contributed by atoms with Crippen molar-refractivity contribution in [1.29, 1.82) is 0 Å². The molecule has 4 nitrogen and oxygen atoms in total. The standard InChI is InChI=1S/C14H21ClN4/c1-10(2)12-13(15)16-9-17-14(12)19-7-5-18(6-8-19)11-3-4-11/h9-11H,3-8H2,1-2H3. The van der Waals surface area contributed by atoms with E-state index < -0.39 is 0 Å². The van der Waals surface area contributed by atoms with Crippen molar-refractivity contribution in [2.45, 2.75) is 38.6 Å². The highest BCUT2D eigenvalue weighted by atomic mass is 35.5. The maximum atomic E-state index is 6.24. The third-order valence-corrected chi connectivity index (χ3v) is 4.37. The maximum absolute atomic E-state index is 6.24. The van der Waals surface area contributed by atoms with E-state index in [0.29, 0.717) is 11.1 Å². The molecule has 0 aromatic carbocycles. The van der Waals surface area contributed by atoms with Gasteiger partial charge in [0.05, 0.1) is 0 Å². The van der Waals surface area contributed by atoms with Gasteiger partial charge < -0.3 is 4.90 Å². The molecule has 19 heavy (non-hydrogen) atoms. The molecule has 0 atom stereocenters. The summed E-state index contributed by atoms with van der Waals surface area (Å²) < 4.78 is 0. The first-order chi connectivity index (χ1) is 9.16. The van der Waals surface area contributed by atoms with Crippen molar-refractivity contribution in [2.24, 2.45) is 0 Å². The molecule has 0 amide bonds. The van der Waals surface area contributed by atoms with Gasteiger partial charge in [0.15, 0.2) is 0 Å². The lowest BCUT2D eigenvalue weighted by Crippen LogP contribution is -2.47. The number of nitrogens with zero attached hydrogens (tertiary/aromatic N) is 4. The average molecular weight is 281 g/mol. The summed E-state index contributed by atoms with van der Waals surface area (Å²) in [5.41, 5.74) is 1.09. The molecule has 5 heteroatoms. The van der Waals surface area contributed by atoms with Crippen LogP contribution < -0.4 is 4.90 Å². The Labute approximate surface area is 119 Å². The van der Waals surface area contributed by atoms with Crippen molar-refractivity contribution in [3.8, 4) is 0 Å². The van der Waals surface area contributed by atoms with Gasteiger partial charge in [-0.3, -0.25) is 4.90 Å². The lowest BCUT2D eigenvalue weighted by atomic mass is 10.1. The van der Waals surface area contributed by atoms with Crippen LogP contribution in [0.4, 0.5) is 5.82 Å². The van der Waals surface area contributed by atoms with Crippen LogP contribution in [-0.2, 0) is 0 Å². The number of halogens is 1. The zero-order chi connectivity index (χ0) is 13.4. The summed E-state index contributed by atoms with van der Waals surface area (Å²) in [4.78, 5) is 13.6.